The van der Waals surface area contributed by atoms with Crippen LogP contribution in [0.4, 0.5) is 0 Å². The Bertz CT molecular complexity index is 639. The highest BCUT2D eigenvalue weighted by Gasteiger charge is 2.44. The van der Waals surface area contributed by atoms with Gasteiger partial charge in [0.15, 0.2) is 5.60 Å². The second kappa shape index (κ2) is 7.56. The van der Waals surface area contributed by atoms with Gasteiger partial charge >= 0.3 is 0 Å². The predicted octanol–water partition coefficient (Wildman–Crippen LogP) is 2.10. The van der Waals surface area contributed by atoms with Crippen molar-refractivity contribution in [3.05, 3.63) is 18.0 Å². The summed E-state index contributed by atoms with van der Waals surface area (Å²) in [6.07, 6.45) is 7.58. The number of carbonyl (C=O) groups is 1. The molecule has 138 valence electrons. The molecule has 0 saturated carbocycles. The van der Waals surface area contributed by atoms with Crippen molar-refractivity contribution in [3.8, 4) is 0 Å². The van der Waals surface area contributed by atoms with Crippen LogP contribution in [0, 0.1) is 0 Å². The minimum atomic E-state index is -0.342. The smallest absolute Gasteiger partial charge is 0.269 e. The van der Waals surface area contributed by atoms with E-state index in [9.17, 15) is 4.79 Å². The molecule has 0 aliphatic carbocycles. The number of rotatable bonds is 6. The molecule has 2 aliphatic rings. The Labute approximate surface area is 149 Å². The van der Waals surface area contributed by atoms with Crippen molar-refractivity contribution in [1.29, 1.82) is 0 Å². The summed E-state index contributed by atoms with van der Waals surface area (Å²) >= 11 is 0. The first-order chi connectivity index (χ1) is 12.0. The molecule has 1 amide bonds. The topological polar surface area (TPSA) is 71.8 Å². The highest BCUT2D eigenvalue weighted by Crippen LogP contribution is 2.34. The lowest BCUT2D eigenvalue weighted by molar-refractivity contribution is -0.114. The molecule has 1 atom stereocenters. The number of carbonyl (C=O) groups excluding carboxylic acids is 1. The average molecular weight is 347 g/mol. The fourth-order valence-electron chi connectivity index (χ4n) is 3.53. The standard InChI is InChI=1S/C18H29N5O2/c1-4-7-19-17(24)16-9-18(25-21-16)6-5-8-22(13-18)11-15-10-20-23(12-15)14(2)3/h10,12,14H,4-9,11,13H2,1-3H3,(H,19,24)/t18-/m1/s1. The van der Waals surface area contributed by atoms with E-state index in [1.165, 1.54) is 5.56 Å². The fourth-order valence-corrected chi connectivity index (χ4v) is 3.53. The number of aromatic nitrogens is 2. The van der Waals surface area contributed by atoms with Crippen LogP contribution in [0.25, 0.3) is 0 Å². The molecule has 1 N–H and O–H groups in total. The number of likely N-dealkylation sites (tertiary alicyclic amines) is 1. The Morgan fingerprint density at radius 3 is 3.04 bits per heavy atom. The van der Waals surface area contributed by atoms with Crippen LogP contribution in [0.5, 0.6) is 0 Å². The van der Waals surface area contributed by atoms with E-state index in [2.05, 4.69) is 40.5 Å². The van der Waals surface area contributed by atoms with Crippen LogP contribution in [0.15, 0.2) is 17.5 Å². The number of nitrogens with one attached hydrogen (secondary N) is 1. The minimum Gasteiger partial charge on any atom is -0.387 e. The number of oxime groups is 1. The van der Waals surface area contributed by atoms with Crippen molar-refractivity contribution in [2.45, 2.75) is 64.6 Å². The predicted molar refractivity (Wildman–Crippen MR) is 96.3 cm³/mol. The molecule has 1 aromatic rings. The van der Waals surface area contributed by atoms with E-state index in [0.29, 0.717) is 24.7 Å². The van der Waals surface area contributed by atoms with Crippen molar-refractivity contribution < 1.29 is 9.63 Å². The van der Waals surface area contributed by atoms with Crippen LogP contribution >= 0.6 is 0 Å². The van der Waals surface area contributed by atoms with Crippen molar-refractivity contribution in [2.75, 3.05) is 19.6 Å². The normalized spacial score (nSPS) is 23.8. The van der Waals surface area contributed by atoms with Gasteiger partial charge in [0, 0.05) is 43.9 Å². The molecule has 25 heavy (non-hydrogen) atoms. The van der Waals surface area contributed by atoms with Crippen molar-refractivity contribution >= 4 is 11.6 Å². The Hall–Kier alpha value is -1.89. The molecule has 7 nitrogen and oxygen atoms in total. The first kappa shape index (κ1) is 17.9. The Kier molecular flexibility index (Phi) is 5.42. The van der Waals surface area contributed by atoms with Gasteiger partial charge in [-0.2, -0.15) is 5.10 Å². The van der Waals surface area contributed by atoms with Gasteiger partial charge in [0.2, 0.25) is 0 Å². The second-order valence-electron chi connectivity index (χ2n) is 7.48. The number of hydrogen-bond acceptors (Lipinski definition) is 5. The summed E-state index contributed by atoms with van der Waals surface area (Å²) in [6.45, 7) is 9.66. The monoisotopic (exact) mass is 347 g/mol. The van der Waals surface area contributed by atoms with Gasteiger partial charge in [-0.15, -0.1) is 0 Å². The zero-order valence-corrected chi connectivity index (χ0v) is 15.5. The third-order valence-electron chi connectivity index (χ3n) is 4.85. The molecule has 1 fully saturated rings. The SMILES string of the molecule is CCCNC(=O)C1=NO[C@]2(CCCN(Cc3cnn(C(C)C)c3)C2)C1. The van der Waals surface area contributed by atoms with Gasteiger partial charge in [-0.25, -0.2) is 0 Å². The first-order valence-corrected chi connectivity index (χ1v) is 9.30. The van der Waals surface area contributed by atoms with E-state index in [0.717, 1.165) is 38.9 Å². The number of hydrogen-bond donors (Lipinski definition) is 1. The fraction of sp³-hybridized carbons (Fsp3) is 0.722. The van der Waals surface area contributed by atoms with E-state index in [-0.39, 0.29) is 11.5 Å². The summed E-state index contributed by atoms with van der Waals surface area (Å²) in [7, 11) is 0. The maximum Gasteiger partial charge on any atom is 0.269 e. The summed E-state index contributed by atoms with van der Waals surface area (Å²) in [5.41, 5.74) is 1.40. The van der Waals surface area contributed by atoms with E-state index in [1.54, 1.807) is 0 Å². The molecule has 0 aromatic carbocycles. The molecule has 1 saturated heterocycles. The molecule has 0 radical (unpaired) electrons. The van der Waals surface area contributed by atoms with Crippen molar-refractivity contribution in [1.82, 2.24) is 20.0 Å². The molecule has 0 bridgehead atoms. The van der Waals surface area contributed by atoms with Gasteiger partial charge in [0.25, 0.3) is 5.91 Å². The van der Waals surface area contributed by atoms with Gasteiger partial charge in [-0.1, -0.05) is 12.1 Å². The zero-order chi connectivity index (χ0) is 17.9. The highest BCUT2D eigenvalue weighted by atomic mass is 16.7. The van der Waals surface area contributed by atoms with Crippen LogP contribution < -0.4 is 5.32 Å². The zero-order valence-electron chi connectivity index (χ0n) is 15.5. The molecular formula is C18H29N5O2. The minimum absolute atomic E-state index is 0.0888. The third kappa shape index (κ3) is 4.21. The number of nitrogens with zero attached hydrogens (tertiary/aromatic N) is 4. The molecule has 0 unspecified atom stereocenters. The summed E-state index contributed by atoms with van der Waals surface area (Å²) in [4.78, 5) is 20.3. The summed E-state index contributed by atoms with van der Waals surface area (Å²) in [5.74, 6) is -0.0888. The van der Waals surface area contributed by atoms with Gasteiger partial charge in [0.05, 0.1) is 6.20 Å². The summed E-state index contributed by atoms with van der Waals surface area (Å²) in [6, 6.07) is 0.372. The van der Waals surface area contributed by atoms with Crippen LogP contribution in [-0.2, 0) is 16.2 Å². The lowest BCUT2D eigenvalue weighted by Gasteiger charge is -2.38. The molecule has 1 aromatic heterocycles. The largest absolute Gasteiger partial charge is 0.387 e. The molecule has 3 heterocycles. The maximum absolute atomic E-state index is 12.1. The number of piperidine rings is 1. The van der Waals surface area contributed by atoms with E-state index in [4.69, 9.17) is 4.84 Å². The maximum atomic E-state index is 12.1. The molecule has 2 aliphatic heterocycles. The second-order valence-corrected chi connectivity index (χ2v) is 7.48. The van der Waals surface area contributed by atoms with Gasteiger partial charge in [0.1, 0.15) is 5.71 Å². The van der Waals surface area contributed by atoms with Crippen LogP contribution in [0.2, 0.25) is 0 Å². The average Bonchev–Trinajstić information content (AvgIpc) is 3.21. The number of amides is 1. The van der Waals surface area contributed by atoms with Gasteiger partial charge in [-0.05, 0) is 39.7 Å². The van der Waals surface area contributed by atoms with Crippen LogP contribution in [-0.4, -0.2) is 51.5 Å². The summed E-state index contributed by atoms with van der Waals surface area (Å²) < 4.78 is 1.99. The van der Waals surface area contributed by atoms with Crippen LogP contribution in [0.3, 0.4) is 0 Å². The van der Waals surface area contributed by atoms with Crippen LogP contribution in [0.1, 0.15) is 58.1 Å². The van der Waals surface area contributed by atoms with Gasteiger partial charge in [-0.3, -0.25) is 14.4 Å². The lowest BCUT2D eigenvalue weighted by atomic mass is 9.88. The van der Waals surface area contributed by atoms with E-state index < -0.39 is 0 Å². The lowest BCUT2D eigenvalue weighted by Crippen LogP contribution is -2.48. The van der Waals surface area contributed by atoms with Gasteiger partial charge < -0.3 is 10.2 Å². The van der Waals surface area contributed by atoms with E-state index >= 15 is 0 Å². The molecule has 1 spiro atoms. The molecule has 3 rings (SSSR count). The Morgan fingerprint density at radius 1 is 1.48 bits per heavy atom. The van der Waals surface area contributed by atoms with E-state index in [1.807, 2.05) is 17.8 Å². The van der Waals surface area contributed by atoms with Crippen molar-refractivity contribution in [3.63, 3.8) is 0 Å². The highest BCUT2D eigenvalue weighted by molar-refractivity contribution is 6.39. The summed E-state index contributed by atoms with van der Waals surface area (Å²) in [5, 5.41) is 11.4. The Balaban J connectivity index is 1.57. The quantitative estimate of drug-likeness (QED) is 0.855. The molecular weight excluding hydrogens is 318 g/mol. The van der Waals surface area contributed by atoms with Crippen molar-refractivity contribution in [2.24, 2.45) is 5.16 Å². The first-order valence-electron chi connectivity index (χ1n) is 9.30. The molecule has 7 heteroatoms. The third-order valence-corrected chi connectivity index (χ3v) is 4.85. The Morgan fingerprint density at radius 2 is 2.32 bits per heavy atom.